The molecule has 0 aliphatic rings. The third kappa shape index (κ3) is 4.82. The highest BCUT2D eigenvalue weighted by molar-refractivity contribution is 7.13. The van der Waals surface area contributed by atoms with E-state index in [0.717, 1.165) is 16.2 Å². The van der Waals surface area contributed by atoms with Crippen LogP contribution in [-0.2, 0) is 17.8 Å². The van der Waals surface area contributed by atoms with Crippen molar-refractivity contribution in [2.24, 2.45) is 5.92 Å². The van der Waals surface area contributed by atoms with E-state index < -0.39 is 5.97 Å². The molecule has 23 heavy (non-hydrogen) atoms. The number of carboxylic acids is 1. The van der Waals surface area contributed by atoms with Gasteiger partial charge in [-0.2, -0.15) is 0 Å². The SMILES string of the molecule is COc1ccc(CC(C)C(=O)NCc2ccc(C(=O)O)s2)cc1. The van der Waals surface area contributed by atoms with Crippen molar-refractivity contribution in [2.45, 2.75) is 19.9 Å². The second-order valence-electron chi connectivity index (χ2n) is 5.24. The van der Waals surface area contributed by atoms with Crippen LogP contribution in [0.25, 0.3) is 0 Å². The predicted octanol–water partition coefficient (Wildman–Crippen LogP) is 2.95. The lowest BCUT2D eigenvalue weighted by Crippen LogP contribution is -2.29. The van der Waals surface area contributed by atoms with Gasteiger partial charge in [-0.1, -0.05) is 19.1 Å². The molecule has 2 rings (SSSR count). The van der Waals surface area contributed by atoms with Gasteiger partial charge in [-0.25, -0.2) is 4.79 Å². The van der Waals surface area contributed by atoms with Gasteiger partial charge in [0.2, 0.25) is 5.91 Å². The van der Waals surface area contributed by atoms with Gasteiger partial charge >= 0.3 is 5.97 Å². The summed E-state index contributed by atoms with van der Waals surface area (Å²) >= 11 is 1.17. The second-order valence-corrected chi connectivity index (χ2v) is 6.41. The van der Waals surface area contributed by atoms with Gasteiger partial charge in [-0.15, -0.1) is 11.3 Å². The highest BCUT2D eigenvalue weighted by Crippen LogP contribution is 2.17. The largest absolute Gasteiger partial charge is 0.497 e. The molecule has 0 bridgehead atoms. The van der Waals surface area contributed by atoms with Crippen LogP contribution >= 0.6 is 11.3 Å². The molecule has 0 saturated heterocycles. The van der Waals surface area contributed by atoms with Gasteiger partial charge in [0, 0.05) is 10.8 Å². The molecule has 0 spiro atoms. The van der Waals surface area contributed by atoms with E-state index in [-0.39, 0.29) is 16.7 Å². The number of aromatic carboxylic acids is 1. The van der Waals surface area contributed by atoms with Crippen molar-refractivity contribution in [1.82, 2.24) is 5.32 Å². The monoisotopic (exact) mass is 333 g/mol. The predicted molar refractivity (Wildman–Crippen MR) is 89.0 cm³/mol. The summed E-state index contributed by atoms with van der Waals surface area (Å²) in [5.74, 6) is -0.369. The third-order valence-corrected chi connectivity index (χ3v) is 4.53. The maximum Gasteiger partial charge on any atom is 0.345 e. The number of amides is 1. The number of carboxylic acid groups (broad SMARTS) is 1. The van der Waals surface area contributed by atoms with Gasteiger partial charge < -0.3 is 15.2 Å². The summed E-state index contributed by atoms with van der Waals surface area (Å²) in [6.07, 6.45) is 0.640. The average molecular weight is 333 g/mol. The summed E-state index contributed by atoms with van der Waals surface area (Å²) in [6.45, 7) is 2.22. The summed E-state index contributed by atoms with van der Waals surface area (Å²) in [5, 5.41) is 11.7. The number of hydrogen-bond donors (Lipinski definition) is 2. The zero-order valence-corrected chi connectivity index (χ0v) is 13.9. The molecule has 1 amide bonds. The fourth-order valence-electron chi connectivity index (χ4n) is 2.14. The number of methoxy groups -OCH3 is 1. The number of nitrogens with one attached hydrogen (secondary N) is 1. The van der Waals surface area contributed by atoms with Crippen molar-refractivity contribution in [3.63, 3.8) is 0 Å². The lowest BCUT2D eigenvalue weighted by Gasteiger charge is -2.12. The van der Waals surface area contributed by atoms with Crippen molar-refractivity contribution >= 4 is 23.2 Å². The molecule has 1 atom stereocenters. The molecule has 1 unspecified atom stereocenters. The van der Waals surface area contributed by atoms with E-state index in [2.05, 4.69) is 5.32 Å². The minimum Gasteiger partial charge on any atom is -0.497 e. The van der Waals surface area contributed by atoms with E-state index in [1.165, 1.54) is 11.3 Å². The Morgan fingerprint density at radius 1 is 1.22 bits per heavy atom. The summed E-state index contributed by atoms with van der Waals surface area (Å²) in [6, 6.07) is 10.9. The van der Waals surface area contributed by atoms with Gasteiger partial charge in [-0.3, -0.25) is 4.79 Å². The smallest absolute Gasteiger partial charge is 0.345 e. The Kier molecular flexibility index (Phi) is 5.76. The van der Waals surface area contributed by atoms with Crippen LogP contribution in [0.5, 0.6) is 5.75 Å². The van der Waals surface area contributed by atoms with Gasteiger partial charge in [0.05, 0.1) is 13.7 Å². The number of carbonyl (C=O) groups excluding carboxylic acids is 1. The molecule has 0 aliphatic heterocycles. The first-order valence-corrected chi connectivity index (χ1v) is 8.04. The molecule has 6 heteroatoms. The third-order valence-electron chi connectivity index (χ3n) is 3.46. The maximum atomic E-state index is 12.1. The standard InChI is InChI=1S/C17H19NO4S/c1-11(9-12-3-5-13(22-2)6-4-12)16(19)18-10-14-7-8-15(23-14)17(20)21/h3-8,11H,9-10H2,1-2H3,(H,18,19)(H,20,21). The maximum absolute atomic E-state index is 12.1. The molecule has 1 aromatic carbocycles. The van der Waals surface area contributed by atoms with Gasteiger partial charge in [0.1, 0.15) is 10.6 Å². The van der Waals surface area contributed by atoms with E-state index in [1.807, 2.05) is 31.2 Å². The summed E-state index contributed by atoms with van der Waals surface area (Å²) in [7, 11) is 1.62. The Balaban J connectivity index is 1.85. The molecule has 1 heterocycles. The number of benzene rings is 1. The van der Waals surface area contributed by atoms with Crippen LogP contribution in [0.3, 0.4) is 0 Å². The second kappa shape index (κ2) is 7.78. The molecular formula is C17H19NO4S. The lowest BCUT2D eigenvalue weighted by molar-refractivity contribution is -0.124. The topological polar surface area (TPSA) is 75.6 Å². The van der Waals surface area contributed by atoms with Crippen LogP contribution in [-0.4, -0.2) is 24.1 Å². The molecule has 0 saturated carbocycles. The van der Waals surface area contributed by atoms with Crippen LogP contribution in [0.2, 0.25) is 0 Å². The Hall–Kier alpha value is -2.34. The molecule has 122 valence electrons. The molecule has 2 N–H and O–H groups in total. The highest BCUT2D eigenvalue weighted by Gasteiger charge is 2.14. The lowest BCUT2D eigenvalue weighted by atomic mass is 10.0. The fraction of sp³-hybridized carbons (Fsp3) is 0.294. The molecule has 2 aromatic rings. The first kappa shape index (κ1) is 17.0. The van der Waals surface area contributed by atoms with Crippen molar-refractivity contribution in [2.75, 3.05) is 7.11 Å². The zero-order valence-electron chi connectivity index (χ0n) is 13.0. The van der Waals surface area contributed by atoms with Crippen LogP contribution in [0.15, 0.2) is 36.4 Å². The van der Waals surface area contributed by atoms with E-state index in [1.54, 1.807) is 19.2 Å². The van der Waals surface area contributed by atoms with E-state index in [0.29, 0.717) is 13.0 Å². The summed E-state index contributed by atoms with van der Waals surface area (Å²) in [5.41, 5.74) is 1.07. The van der Waals surface area contributed by atoms with E-state index in [9.17, 15) is 9.59 Å². The van der Waals surface area contributed by atoms with Gasteiger partial charge in [0.15, 0.2) is 0 Å². The van der Waals surface area contributed by atoms with E-state index in [4.69, 9.17) is 9.84 Å². The summed E-state index contributed by atoms with van der Waals surface area (Å²) < 4.78 is 5.11. The first-order chi connectivity index (χ1) is 11.0. The quantitative estimate of drug-likeness (QED) is 0.817. The number of rotatable bonds is 7. The normalized spacial score (nSPS) is 11.7. The number of carbonyl (C=O) groups is 2. The van der Waals surface area contributed by atoms with Gasteiger partial charge in [-0.05, 0) is 36.2 Å². The molecule has 0 radical (unpaired) electrons. The first-order valence-electron chi connectivity index (χ1n) is 7.22. The molecule has 0 aliphatic carbocycles. The average Bonchev–Trinajstić information content (AvgIpc) is 3.02. The zero-order chi connectivity index (χ0) is 16.8. The van der Waals surface area contributed by atoms with Crippen LogP contribution < -0.4 is 10.1 Å². The van der Waals surface area contributed by atoms with Crippen LogP contribution in [0.4, 0.5) is 0 Å². The Bertz CT molecular complexity index is 678. The fourth-order valence-corrected chi connectivity index (χ4v) is 2.93. The molecular weight excluding hydrogens is 314 g/mol. The summed E-state index contributed by atoms with van der Waals surface area (Å²) in [4.78, 5) is 24.1. The number of thiophene rings is 1. The van der Waals surface area contributed by atoms with E-state index >= 15 is 0 Å². The number of hydrogen-bond acceptors (Lipinski definition) is 4. The van der Waals surface area contributed by atoms with Gasteiger partial charge in [0.25, 0.3) is 0 Å². The highest BCUT2D eigenvalue weighted by atomic mass is 32.1. The van der Waals surface area contributed by atoms with Crippen LogP contribution in [0, 0.1) is 5.92 Å². The minimum atomic E-state index is -0.944. The van der Waals surface area contributed by atoms with Crippen molar-refractivity contribution in [3.8, 4) is 5.75 Å². The van der Waals surface area contributed by atoms with Crippen molar-refractivity contribution in [3.05, 3.63) is 51.7 Å². The molecule has 5 nitrogen and oxygen atoms in total. The Morgan fingerprint density at radius 3 is 2.48 bits per heavy atom. The van der Waals surface area contributed by atoms with Crippen LogP contribution in [0.1, 0.15) is 27.0 Å². The Labute approximate surface area is 138 Å². The minimum absolute atomic E-state index is 0.0499. The molecule has 1 aromatic heterocycles. The van der Waals surface area contributed by atoms with Crippen molar-refractivity contribution < 1.29 is 19.4 Å². The molecule has 0 fully saturated rings. The Morgan fingerprint density at radius 2 is 1.91 bits per heavy atom. The number of ether oxygens (including phenoxy) is 1. The van der Waals surface area contributed by atoms with Crippen molar-refractivity contribution in [1.29, 1.82) is 0 Å².